The van der Waals surface area contributed by atoms with Crippen molar-refractivity contribution in [1.29, 1.82) is 0 Å². The van der Waals surface area contributed by atoms with Crippen molar-refractivity contribution < 1.29 is 13.3 Å². The average Bonchev–Trinajstić information content (AvgIpc) is 4.10. The Morgan fingerprint density at radius 2 is 0.844 bits per heavy atom. The van der Waals surface area contributed by atoms with E-state index >= 15 is 0 Å². The molecule has 0 fully saturated rings. The number of nitrogens with zero attached hydrogens (tertiary/aromatic N) is 1. The number of rotatable bonds is 4. The van der Waals surface area contributed by atoms with E-state index in [1.807, 2.05) is 24.3 Å². The highest BCUT2D eigenvalue weighted by Crippen LogP contribution is 2.55. The van der Waals surface area contributed by atoms with E-state index in [-0.39, 0.29) is 10.8 Å². The topological polar surface area (TPSA) is 42.7 Å². The van der Waals surface area contributed by atoms with Gasteiger partial charge >= 0.3 is 0 Å². The highest BCUT2D eigenvalue weighted by atomic mass is 16.3. The third kappa shape index (κ3) is 4.67. The second-order valence-electron chi connectivity index (χ2n) is 18.8. The van der Waals surface area contributed by atoms with Gasteiger partial charge in [0.1, 0.15) is 27.9 Å². The Morgan fingerprint density at radius 3 is 1.52 bits per heavy atom. The lowest BCUT2D eigenvalue weighted by Gasteiger charge is -2.30. The number of hydrogen-bond acceptors (Lipinski definition) is 4. The molecule has 0 amide bonds. The Balaban J connectivity index is 1.11. The Morgan fingerprint density at radius 1 is 0.344 bits per heavy atom. The molecule has 3 aromatic heterocycles. The second kappa shape index (κ2) is 12.4. The van der Waals surface area contributed by atoms with E-state index in [4.69, 9.17) is 13.3 Å². The summed E-state index contributed by atoms with van der Waals surface area (Å²) in [7, 11) is 0. The van der Waals surface area contributed by atoms with Crippen LogP contribution >= 0.6 is 0 Å². The molecule has 0 bridgehead atoms. The van der Waals surface area contributed by atoms with Crippen LogP contribution in [-0.2, 0) is 10.8 Å². The van der Waals surface area contributed by atoms with Crippen LogP contribution in [0.1, 0.15) is 49.9 Å². The molecule has 3 heterocycles. The molecule has 304 valence electrons. The Labute approximate surface area is 369 Å². The van der Waals surface area contributed by atoms with Crippen molar-refractivity contribution >= 4 is 82.9 Å². The van der Waals surface area contributed by atoms with Crippen LogP contribution in [0.25, 0.3) is 99.2 Å². The van der Waals surface area contributed by atoms with E-state index in [1.165, 1.54) is 44.5 Å². The lowest BCUT2D eigenvalue weighted by atomic mass is 9.82. The molecule has 0 spiro atoms. The fourth-order valence-corrected chi connectivity index (χ4v) is 11.6. The lowest BCUT2D eigenvalue weighted by Crippen LogP contribution is -2.18. The number of benzene rings is 9. The van der Waals surface area contributed by atoms with Gasteiger partial charge in [-0.05, 0) is 111 Å². The largest absolute Gasteiger partial charge is 0.456 e. The normalized spacial score (nSPS) is 14.5. The van der Waals surface area contributed by atoms with Crippen molar-refractivity contribution in [3.05, 3.63) is 198 Å². The van der Waals surface area contributed by atoms with Gasteiger partial charge < -0.3 is 18.2 Å². The van der Waals surface area contributed by atoms with Gasteiger partial charge in [-0.1, -0.05) is 143 Å². The summed E-state index contributed by atoms with van der Waals surface area (Å²) < 4.78 is 20.5. The van der Waals surface area contributed by atoms with Crippen LogP contribution in [0.5, 0.6) is 0 Å². The van der Waals surface area contributed by atoms with Gasteiger partial charge in [-0.3, -0.25) is 0 Å². The number of fused-ring (bicyclic) bond motifs is 16. The molecule has 2 aliphatic rings. The van der Waals surface area contributed by atoms with E-state index in [0.717, 1.165) is 94.0 Å². The fourth-order valence-electron chi connectivity index (χ4n) is 11.6. The average molecular weight is 824 g/mol. The molecule has 0 unspecified atom stereocenters. The summed E-state index contributed by atoms with van der Waals surface area (Å²) in [6.07, 6.45) is 0. The molecule has 0 radical (unpaired) electrons. The number of hydrogen-bond donors (Lipinski definition) is 0. The minimum atomic E-state index is -0.198. The molecule has 9 aromatic carbocycles. The number of para-hydroxylation sites is 3. The molecule has 0 aliphatic heterocycles. The zero-order chi connectivity index (χ0) is 42.6. The first-order valence-electron chi connectivity index (χ1n) is 22.2. The molecule has 0 N–H and O–H groups in total. The van der Waals surface area contributed by atoms with Crippen molar-refractivity contribution in [3.63, 3.8) is 0 Å². The fraction of sp³-hybridized carbons (Fsp3) is 0.100. The molecule has 0 saturated heterocycles. The van der Waals surface area contributed by atoms with E-state index in [2.05, 4.69) is 184 Å². The first kappa shape index (κ1) is 35.7. The van der Waals surface area contributed by atoms with Crippen molar-refractivity contribution in [2.24, 2.45) is 0 Å². The molecular formula is C60H41NO3. The Bertz CT molecular complexity index is 3880. The highest BCUT2D eigenvalue weighted by molar-refractivity contribution is 6.27. The predicted molar refractivity (Wildman–Crippen MR) is 264 cm³/mol. The minimum Gasteiger partial charge on any atom is -0.456 e. The standard InChI is InChI=1S/C60H41NO3/c1-59(2)46-20-9-5-14-38(46)40-26-24-35(32-48(40)59)61(36-25-27-41-39-15-6-10-21-47(39)60(3,4)49(41)33-36)50-31-34(37-18-13-19-43-42-16-7-11-22-51(42)63-57(37)43)30-45-56-54(64-58(45)50)29-28-53-55(56)44-17-8-12-23-52(44)62-53/h5-33H,1-4H3. The lowest BCUT2D eigenvalue weighted by molar-refractivity contribution is 0.659. The molecule has 4 nitrogen and oxygen atoms in total. The van der Waals surface area contributed by atoms with Crippen LogP contribution in [-0.4, -0.2) is 0 Å². The SMILES string of the molecule is CC1(C)c2ccccc2-c2ccc(N(c3ccc4c(c3)C(C)(C)c3ccccc3-4)c3cc(-c4cccc5c4oc4ccccc45)cc4c3oc3ccc5oc6ccccc6c5c34)cc21. The van der Waals surface area contributed by atoms with Gasteiger partial charge in [-0.2, -0.15) is 0 Å². The van der Waals surface area contributed by atoms with Gasteiger partial charge in [-0.15, -0.1) is 0 Å². The molecule has 0 atom stereocenters. The van der Waals surface area contributed by atoms with Gasteiger partial charge in [0.2, 0.25) is 0 Å². The number of furan rings is 3. The second-order valence-corrected chi connectivity index (χ2v) is 18.8. The molecule has 14 rings (SSSR count). The molecule has 0 saturated carbocycles. The highest BCUT2D eigenvalue weighted by Gasteiger charge is 2.38. The van der Waals surface area contributed by atoms with Gasteiger partial charge in [0.15, 0.2) is 5.58 Å². The van der Waals surface area contributed by atoms with Gasteiger partial charge in [-0.25, -0.2) is 0 Å². The van der Waals surface area contributed by atoms with E-state index in [9.17, 15) is 0 Å². The van der Waals surface area contributed by atoms with Crippen molar-refractivity contribution in [3.8, 4) is 33.4 Å². The maximum Gasteiger partial charge on any atom is 0.159 e. The summed E-state index contributed by atoms with van der Waals surface area (Å²) in [5, 5.41) is 6.36. The number of anilines is 3. The van der Waals surface area contributed by atoms with Crippen molar-refractivity contribution in [1.82, 2.24) is 0 Å². The van der Waals surface area contributed by atoms with Crippen LogP contribution in [0.2, 0.25) is 0 Å². The summed E-state index contributed by atoms with van der Waals surface area (Å²) >= 11 is 0. The van der Waals surface area contributed by atoms with Crippen LogP contribution in [0.4, 0.5) is 17.1 Å². The summed E-state index contributed by atoms with van der Waals surface area (Å²) in [4.78, 5) is 2.44. The molecular weight excluding hydrogens is 783 g/mol. The van der Waals surface area contributed by atoms with Gasteiger partial charge in [0.05, 0.1) is 5.69 Å². The van der Waals surface area contributed by atoms with E-state index < -0.39 is 0 Å². The van der Waals surface area contributed by atoms with E-state index in [0.29, 0.717) is 0 Å². The summed E-state index contributed by atoms with van der Waals surface area (Å²) in [5.41, 5.74) is 20.2. The zero-order valence-electron chi connectivity index (χ0n) is 35.9. The van der Waals surface area contributed by atoms with Crippen LogP contribution in [0.15, 0.2) is 189 Å². The quantitative estimate of drug-likeness (QED) is 0.177. The first-order valence-corrected chi connectivity index (χ1v) is 22.2. The van der Waals surface area contributed by atoms with Gasteiger partial charge in [0.25, 0.3) is 0 Å². The third-order valence-electron chi connectivity index (χ3n) is 14.7. The van der Waals surface area contributed by atoms with Crippen LogP contribution in [0.3, 0.4) is 0 Å². The summed E-state index contributed by atoms with van der Waals surface area (Å²) in [6.45, 7) is 9.42. The van der Waals surface area contributed by atoms with Crippen molar-refractivity contribution in [2.45, 2.75) is 38.5 Å². The predicted octanol–water partition coefficient (Wildman–Crippen LogP) is 17.1. The molecule has 64 heavy (non-hydrogen) atoms. The molecule has 4 heteroatoms. The van der Waals surface area contributed by atoms with Crippen molar-refractivity contribution in [2.75, 3.05) is 4.90 Å². The summed E-state index contributed by atoms with van der Waals surface area (Å²) in [6, 6.07) is 63.7. The smallest absolute Gasteiger partial charge is 0.159 e. The minimum absolute atomic E-state index is 0.198. The maximum atomic E-state index is 7.22. The van der Waals surface area contributed by atoms with E-state index in [1.54, 1.807) is 0 Å². The Hall–Kier alpha value is -7.82. The van der Waals surface area contributed by atoms with Crippen LogP contribution < -0.4 is 4.90 Å². The zero-order valence-corrected chi connectivity index (χ0v) is 35.9. The monoisotopic (exact) mass is 823 g/mol. The van der Waals surface area contributed by atoms with Crippen LogP contribution in [0, 0.1) is 0 Å². The third-order valence-corrected chi connectivity index (χ3v) is 14.7. The molecule has 12 aromatic rings. The first-order chi connectivity index (χ1) is 31.2. The van der Waals surface area contributed by atoms with Gasteiger partial charge in [0, 0.05) is 60.1 Å². The molecule has 2 aliphatic carbocycles. The maximum absolute atomic E-state index is 7.22. The summed E-state index contributed by atoms with van der Waals surface area (Å²) in [5.74, 6) is 0. The Kier molecular flexibility index (Phi) is 6.94.